The molecule has 1 aromatic heterocycles. The predicted molar refractivity (Wildman–Crippen MR) is 121 cm³/mol. The number of guanidine groups is 1. The van der Waals surface area contributed by atoms with Crippen LogP contribution in [0.1, 0.15) is 57.1 Å². The number of aromatic nitrogens is 3. The van der Waals surface area contributed by atoms with Gasteiger partial charge >= 0.3 is 0 Å². The topological polar surface area (TPSA) is 76.4 Å². The zero-order valence-corrected chi connectivity index (χ0v) is 19.5. The van der Waals surface area contributed by atoms with E-state index in [-0.39, 0.29) is 24.0 Å². The Morgan fingerprint density at radius 1 is 1.29 bits per heavy atom. The zero-order chi connectivity index (χ0) is 18.6. The molecule has 2 heterocycles. The molecule has 3 aliphatic rings. The van der Waals surface area contributed by atoms with E-state index >= 15 is 0 Å². The van der Waals surface area contributed by atoms with E-state index < -0.39 is 0 Å². The molecule has 0 saturated heterocycles. The Bertz CT molecular complexity index is 663. The number of nitrogens with zero attached hydrogens (tertiary/aromatic N) is 4. The van der Waals surface area contributed by atoms with E-state index in [0.29, 0.717) is 12.6 Å². The van der Waals surface area contributed by atoms with E-state index in [1.807, 2.05) is 4.68 Å². The minimum Gasteiger partial charge on any atom is -0.377 e. The van der Waals surface area contributed by atoms with Crippen LogP contribution in [0.2, 0.25) is 0 Å². The average Bonchev–Trinajstić information content (AvgIpc) is 3.37. The molecule has 2 N–H and O–H groups in total. The Balaban J connectivity index is 0.00000225. The average molecular weight is 502 g/mol. The van der Waals surface area contributed by atoms with Crippen molar-refractivity contribution in [1.82, 2.24) is 25.4 Å². The van der Waals surface area contributed by atoms with Crippen molar-refractivity contribution in [3.63, 3.8) is 0 Å². The van der Waals surface area contributed by atoms with Gasteiger partial charge in [-0.1, -0.05) is 6.42 Å². The van der Waals surface area contributed by atoms with Crippen molar-refractivity contribution < 1.29 is 4.74 Å². The number of fused-ring (bicyclic) bond motifs is 3. The van der Waals surface area contributed by atoms with Gasteiger partial charge in [0.25, 0.3) is 0 Å². The fourth-order valence-corrected chi connectivity index (χ4v) is 5.25. The normalized spacial score (nSPS) is 28.7. The van der Waals surface area contributed by atoms with E-state index in [9.17, 15) is 0 Å². The number of hydrogen-bond acceptors (Lipinski definition) is 4. The lowest BCUT2D eigenvalue weighted by Crippen LogP contribution is -2.47. The number of nitrogens with one attached hydrogen (secondary N) is 2. The Kier molecular flexibility index (Phi) is 7.96. The van der Waals surface area contributed by atoms with Crippen LogP contribution in [0.5, 0.6) is 0 Å². The highest BCUT2D eigenvalue weighted by atomic mass is 127. The molecule has 2 saturated carbocycles. The molecule has 4 atom stereocenters. The van der Waals surface area contributed by atoms with Crippen molar-refractivity contribution in [3.05, 3.63) is 11.6 Å². The lowest BCUT2D eigenvalue weighted by molar-refractivity contribution is 0.177. The standard InChI is InChI=1S/C20H34N6O.HI/c1-3-21-20(22-9-8-16-11-14-4-5-15(16)10-14)23-17-6-7-19-24-18(13-27-2)25-26(19)12-17;/h14-17H,3-13H2,1-2H3,(H2,21,22,23);1H. The summed E-state index contributed by atoms with van der Waals surface area (Å²) < 4.78 is 7.17. The highest BCUT2D eigenvalue weighted by Crippen LogP contribution is 2.49. The largest absolute Gasteiger partial charge is 0.377 e. The van der Waals surface area contributed by atoms with Gasteiger partial charge in [0.05, 0.1) is 6.54 Å². The van der Waals surface area contributed by atoms with E-state index in [1.54, 1.807) is 7.11 Å². The lowest BCUT2D eigenvalue weighted by atomic mass is 9.86. The number of hydrogen-bond donors (Lipinski definition) is 2. The van der Waals surface area contributed by atoms with Crippen LogP contribution in [0.15, 0.2) is 4.99 Å². The summed E-state index contributed by atoms with van der Waals surface area (Å²) in [5, 5.41) is 11.6. The SMILES string of the molecule is CCNC(=NCCC1CC2CCC1C2)NC1CCc2nc(COC)nn2C1.I. The third-order valence-corrected chi connectivity index (χ3v) is 6.51. The number of halogens is 1. The smallest absolute Gasteiger partial charge is 0.191 e. The minimum absolute atomic E-state index is 0. The molecule has 4 unspecified atom stereocenters. The first-order valence-corrected chi connectivity index (χ1v) is 10.7. The van der Waals surface area contributed by atoms with Gasteiger partial charge in [-0.25, -0.2) is 9.67 Å². The molecule has 158 valence electrons. The van der Waals surface area contributed by atoms with E-state index in [2.05, 4.69) is 27.6 Å². The van der Waals surface area contributed by atoms with E-state index in [4.69, 9.17) is 9.73 Å². The molecule has 1 aliphatic heterocycles. The Hall–Kier alpha value is -0.900. The van der Waals surface area contributed by atoms with E-state index in [0.717, 1.165) is 67.8 Å². The molecule has 4 rings (SSSR count). The van der Waals surface area contributed by atoms with Crippen LogP contribution >= 0.6 is 24.0 Å². The molecule has 2 bridgehead atoms. The van der Waals surface area contributed by atoms with Crippen LogP contribution in [-0.2, 0) is 24.3 Å². The summed E-state index contributed by atoms with van der Waals surface area (Å²) in [5.74, 6) is 5.73. The molecule has 0 radical (unpaired) electrons. The molecule has 1 aromatic rings. The first-order chi connectivity index (χ1) is 13.2. The Morgan fingerprint density at radius 2 is 2.18 bits per heavy atom. The van der Waals surface area contributed by atoms with Gasteiger partial charge in [-0.15, -0.1) is 24.0 Å². The summed E-state index contributed by atoms with van der Waals surface area (Å²) in [6.45, 7) is 5.26. The van der Waals surface area contributed by atoms with Gasteiger partial charge in [-0.05, 0) is 56.8 Å². The molecule has 2 fully saturated rings. The van der Waals surface area contributed by atoms with Crippen molar-refractivity contribution in [2.75, 3.05) is 20.2 Å². The van der Waals surface area contributed by atoms with Crippen LogP contribution in [0.4, 0.5) is 0 Å². The Labute approximate surface area is 185 Å². The van der Waals surface area contributed by atoms with Crippen LogP contribution in [0.25, 0.3) is 0 Å². The first kappa shape index (κ1) is 21.8. The second-order valence-electron chi connectivity index (χ2n) is 8.42. The number of aliphatic imine (C=N–C) groups is 1. The second-order valence-corrected chi connectivity index (χ2v) is 8.42. The summed E-state index contributed by atoms with van der Waals surface area (Å²) in [6, 6.07) is 0.342. The fourth-order valence-electron chi connectivity index (χ4n) is 5.25. The van der Waals surface area contributed by atoms with Crippen molar-refractivity contribution in [1.29, 1.82) is 0 Å². The molecule has 0 aromatic carbocycles. The lowest BCUT2D eigenvalue weighted by Gasteiger charge is -2.25. The quantitative estimate of drug-likeness (QED) is 0.341. The summed E-state index contributed by atoms with van der Waals surface area (Å²) in [4.78, 5) is 9.43. The van der Waals surface area contributed by atoms with Crippen LogP contribution in [-0.4, -0.2) is 47.0 Å². The van der Waals surface area contributed by atoms with Gasteiger partial charge < -0.3 is 15.4 Å². The summed E-state index contributed by atoms with van der Waals surface area (Å²) in [5.41, 5.74) is 0. The maximum Gasteiger partial charge on any atom is 0.191 e. The molecular formula is C20H35IN6O. The van der Waals surface area contributed by atoms with Gasteiger partial charge in [0, 0.05) is 32.7 Å². The molecule has 7 nitrogen and oxygen atoms in total. The van der Waals surface area contributed by atoms with E-state index in [1.165, 1.54) is 32.1 Å². The Morgan fingerprint density at radius 3 is 2.89 bits per heavy atom. The number of aryl methyl sites for hydroxylation is 1. The van der Waals surface area contributed by atoms with Gasteiger partial charge in [0.15, 0.2) is 11.8 Å². The van der Waals surface area contributed by atoms with Crippen LogP contribution in [0.3, 0.4) is 0 Å². The van der Waals surface area contributed by atoms with Crippen molar-refractivity contribution >= 4 is 29.9 Å². The zero-order valence-electron chi connectivity index (χ0n) is 17.2. The minimum atomic E-state index is 0. The maximum absolute atomic E-state index is 5.15. The molecule has 0 spiro atoms. The molecule has 2 aliphatic carbocycles. The summed E-state index contributed by atoms with van der Waals surface area (Å²) in [6.07, 6.45) is 9.12. The summed E-state index contributed by atoms with van der Waals surface area (Å²) in [7, 11) is 1.68. The molecule has 28 heavy (non-hydrogen) atoms. The molecule has 8 heteroatoms. The van der Waals surface area contributed by atoms with Crippen molar-refractivity contribution in [3.8, 4) is 0 Å². The maximum atomic E-state index is 5.15. The summed E-state index contributed by atoms with van der Waals surface area (Å²) >= 11 is 0. The van der Waals surface area contributed by atoms with Crippen LogP contribution < -0.4 is 10.6 Å². The molecular weight excluding hydrogens is 467 g/mol. The monoisotopic (exact) mass is 502 g/mol. The van der Waals surface area contributed by atoms with Gasteiger partial charge in [-0.2, -0.15) is 5.10 Å². The van der Waals surface area contributed by atoms with Crippen molar-refractivity contribution in [2.45, 2.75) is 71.1 Å². The second kappa shape index (κ2) is 10.2. The fraction of sp³-hybridized carbons (Fsp3) is 0.850. The van der Waals surface area contributed by atoms with Gasteiger partial charge in [-0.3, -0.25) is 4.99 Å². The number of rotatable bonds is 7. The highest BCUT2D eigenvalue weighted by Gasteiger charge is 2.38. The molecule has 0 amide bonds. The van der Waals surface area contributed by atoms with Crippen molar-refractivity contribution in [2.24, 2.45) is 22.7 Å². The third-order valence-electron chi connectivity index (χ3n) is 6.51. The van der Waals surface area contributed by atoms with Gasteiger partial charge in [0.1, 0.15) is 12.4 Å². The van der Waals surface area contributed by atoms with Gasteiger partial charge in [0.2, 0.25) is 0 Å². The first-order valence-electron chi connectivity index (χ1n) is 10.7. The predicted octanol–water partition coefficient (Wildman–Crippen LogP) is 2.74. The number of ether oxygens (including phenoxy) is 1. The third kappa shape index (κ3) is 5.17. The number of methoxy groups -OCH3 is 1. The van der Waals surface area contributed by atoms with Crippen LogP contribution in [0, 0.1) is 17.8 Å². The highest BCUT2D eigenvalue weighted by molar-refractivity contribution is 14.0.